The lowest BCUT2D eigenvalue weighted by molar-refractivity contribution is -0.0715. The number of hydrogen-bond donors (Lipinski definition) is 0. The Labute approximate surface area is 150 Å². The van der Waals surface area contributed by atoms with E-state index >= 15 is 0 Å². The molecule has 0 aromatic heterocycles. The molecule has 0 spiro atoms. The van der Waals surface area contributed by atoms with Gasteiger partial charge in [0.1, 0.15) is 0 Å². The summed E-state index contributed by atoms with van der Waals surface area (Å²) in [6.45, 7) is 8.49. The number of likely N-dealkylation sites (tertiary alicyclic amines) is 1. The van der Waals surface area contributed by atoms with Gasteiger partial charge in [-0.25, -0.2) is 0 Å². The SMILES string of the molecule is COCc1cccc(C(=O)N2CCC[C@@H]2CN2C[C@@H](C)O[C@H](C)C2)c1. The molecule has 5 heteroatoms. The van der Waals surface area contributed by atoms with Crippen LogP contribution in [0.4, 0.5) is 0 Å². The first kappa shape index (κ1) is 18.4. The number of carbonyl (C=O) groups excluding carboxylic acids is 1. The van der Waals surface area contributed by atoms with E-state index in [-0.39, 0.29) is 18.1 Å². The number of carbonyl (C=O) groups is 1. The number of morpholine rings is 1. The maximum absolute atomic E-state index is 13.0. The van der Waals surface area contributed by atoms with Gasteiger partial charge < -0.3 is 14.4 Å². The number of ether oxygens (including phenoxy) is 2. The molecule has 2 saturated heterocycles. The van der Waals surface area contributed by atoms with Crippen molar-refractivity contribution in [1.29, 1.82) is 0 Å². The first-order valence-electron chi connectivity index (χ1n) is 9.33. The maximum Gasteiger partial charge on any atom is 0.254 e. The fraction of sp³-hybridized carbons (Fsp3) is 0.650. The minimum Gasteiger partial charge on any atom is -0.380 e. The van der Waals surface area contributed by atoms with E-state index in [4.69, 9.17) is 9.47 Å². The monoisotopic (exact) mass is 346 g/mol. The summed E-state index contributed by atoms with van der Waals surface area (Å²) in [6.07, 6.45) is 2.70. The van der Waals surface area contributed by atoms with E-state index < -0.39 is 0 Å². The third-order valence-corrected chi connectivity index (χ3v) is 5.09. The average Bonchev–Trinajstić information content (AvgIpc) is 3.02. The minimum atomic E-state index is 0.148. The molecule has 0 saturated carbocycles. The minimum absolute atomic E-state index is 0.148. The molecular formula is C20H30N2O3. The second kappa shape index (κ2) is 8.30. The van der Waals surface area contributed by atoms with Crippen LogP contribution in [0.5, 0.6) is 0 Å². The predicted molar refractivity (Wildman–Crippen MR) is 97.7 cm³/mol. The van der Waals surface area contributed by atoms with Crippen molar-refractivity contribution in [2.45, 2.75) is 51.5 Å². The van der Waals surface area contributed by atoms with Crippen LogP contribution in [0.15, 0.2) is 24.3 Å². The number of methoxy groups -OCH3 is 1. The molecule has 1 aromatic carbocycles. The van der Waals surface area contributed by atoms with Crippen LogP contribution in [0.25, 0.3) is 0 Å². The van der Waals surface area contributed by atoms with Crippen LogP contribution in [0.2, 0.25) is 0 Å². The van der Waals surface area contributed by atoms with Crippen molar-refractivity contribution in [3.8, 4) is 0 Å². The van der Waals surface area contributed by atoms with Gasteiger partial charge in [-0.05, 0) is 44.4 Å². The van der Waals surface area contributed by atoms with Crippen molar-refractivity contribution in [3.63, 3.8) is 0 Å². The van der Waals surface area contributed by atoms with Crippen molar-refractivity contribution in [1.82, 2.24) is 9.80 Å². The summed E-state index contributed by atoms with van der Waals surface area (Å²) in [4.78, 5) is 17.5. The van der Waals surface area contributed by atoms with E-state index in [2.05, 4.69) is 23.6 Å². The predicted octanol–water partition coefficient (Wildman–Crippen LogP) is 2.55. The summed E-state index contributed by atoms with van der Waals surface area (Å²) in [6, 6.07) is 8.11. The molecule has 0 radical (unpaired) electrons. The Morgan fingerprint density at radius 3 is 2.76 bits per heavy atom. The van der Waals surface area contributed by atoms with Crippen LogP contribution in [-0.2, 0) is 16.1 Å². The molecule has 0 bridgehead atoms. The molecular weight excluding hydrogens is 316 g/mol. The summed E-state index contributed by atoms with van der Waals surface area (Å²) in [5.41, 5.74) is 1.81. The van der Waals surface area contributed by atoms with Crippen molar-refractivity contribution in [2.75, 3.05) is 33.3 Å². The van der Waals surface area contributed by atoms with Gasteiger partial charge in [-0.2, -0.15) is 0 Å². The zero-order valence-corrected chi connectivity index (χ0v) is 15.6. The summed E-state index contributed by atoms with van der Waals surface area (Å²) in [5.74, 6) is 0.148. The Morgan fingerprint density at radius 2 is 2.04 bits per heavy atom. The quantitative estimate of drug-likeness (QED) is 0.822. The van der Waals surface area contributed by atoms with E-state index in [9.17, 15) is 4.79 Å². The molecule has 0 unspecified atom stereocenters. The van der Waals surface area contributed by atoms with Gasteiger partial charge in [0.15, 0.2) is 0 Å². The molecule has 2 fully saturated rings. The Kier molecular flexibility index (Phi) is 6.10. The number of nitrogens with zero attached hydrogens (tertiary/aromatic N) is 2. The lowest BCUT2D eigenvalue weighted by atomic mass is 10.1. The molecule has 25 heavy (non-hydrogen) atoms. The Hall–Kier alpha value is -1.43. The van der Waals surface area contributed by atoms with Gasteiger partial charge in [0.25, 0.3) is 5.91 Å². The highest BCUT2D eigenvalue weighted by molar-refractivity contribution is 5.94. The summed E-state index contributed by atoms with van der Waals surface area (Å²) >= 11 is 0. The van der Waals surface area contributed by atoms with Gasteiger partial charge >= 0.3 is 0 Å². The first-order chi connectivity index (χ1) is 12.1. The zero-order chi connectivity index (χ0) is 17.8. The molecule has 138 valence electrons. The molecule has 1 amide bonds. The van der Waals surface area contributed by atoms with E-state index in [0.29, 0.717) is 12.6 Å². The molecule has 5 nitrogen and oxygen atoms in total. The van der Waals surface area contributed by atoms with E-state index in [1.54, 1.807) is 7.11 Å². The topological polar surface area (TPSA) is 42.0 Å². The number of amides is 1. The summed E-state index contributed by atoms with van der Waals surface area (Å²) in [7, 11) is 1.68. The standard InChI is InChI=1S/C20H30N2O3/c1-15-11-21(12-16(2)25-15)13-19-8-5-9-22(19)20(23)18-7-4-6-17(10-18)14-24-3/h4,6-7,10,15-16,19H,5,8-9,11-14H2,1-3H3/t15-,16-,19-/m1/s1. The van der Waals surface area contributed by atoms with Crippen LogP contribution >= 0.6 is 0 Å². The Morgan fingerprint density at radius 1 is 1.28 bits per heavy atom. The van der Waals surface area contributed by atoms with Crippen LogP contribution in [-0.4, -0.2) is 67.2 Å². The lowest BCUT2D eigenvalue weighted by Crippen LogP contribution is -2.50. The molecule has 2 aliphatic rings. The summed E-state index contributed by atoms with van der Waals surface area (Å²) < 4.78 is 11.0. The van der Waals surface area contributed by atoms with Gasteiger partial charge in [-0.3, -0.25) is 9.69 Å². The van der Waals surface area contributed by atoms with Gasteiger partial charge in [0.05, 0.1) is 18.8 Å². The largest absolute Gasteiger partial charge is 0.380 e. The highest BCUT2D eigenvalue weighted by Gasteiger charge is 2.32. The fourth-order valence-electron chi connectivity index (χ4n) is 4.15. The highest BCUT2D eigenvalue weighted by atomic mass is 16.5. The highest BCUT2D eigenvalue weighted by Crippen LogP contribution is 2.23. The Balaban J connectivity index is 1.66. The third kappa shape index (κ3) is 4.60. The van der Waals surface area contributed by atoms with Gasteiger partial charge in [-0.1, -0.05) is 12.1 Å². The van der Waals surface area contributed by atoms with Crippen LogP contribution < -0.4 is 0 Å². The number of rotatable bonds is 5. The normalized spacial score (nSPS) is 27.6. The molecule has 0 aliphatic carbocycles. The number of benzene rings is 1. The second-order valence-electron chi connectivity index (χ2n) is 7.40. The smallest absolute Gasteiger partial charge is 0.254 e. The van der Waals surface area contributed by atoms with Gasteiger partial charge in [-0.15, -0.1) is 0 Å². The lowest BCUT2D eigenvalue weighted by Gasteiger charge is -2.38. The van der Waals surface area contributed by atoms with E-state index in [1.165, 1.54) is 0 Å². The Bertz CT molecular complexity index is 582. The number of hydrogen-bond acceptors (Lipinski definition) is 4. The van der Waals surface area contributed by atoms with Crippen molar-refractivity contribution in [3.05, 3.63) is 35.4 Å². The van der Waals surface area contributed by atoms with Crippen molar-refractivity contribution in [2.24, 2.45) is 0 Å². The van der Waals surface area contributed by atoms with E-state index in [0.717, 1.165) is 50.1 Å². The van der Waals surface area contributed by atoms with Gasteiger partial charge in [0.2, 0.25) is 0 Å². The van der Waals surface area contributed by atoms with Crippen molar-refractivity contribution < 1.29 is 14.3 Å². The molecule has 1 aromatic rings. The molecule has 2 heterocycles. The zero-order valence-electron chi connectivity index (χ0n) is 15.6. The average molecular weight is 346 g/mol. The summed E-state index contributed by atoms with van der Waals surface area (Å²) in [5, 5.41) is 0. The van der Waals surface area contributed by atoms with Gasteiger partial charge in [0, 0.05) is 44.9 Å². The first-order valence-corrected chi connectivity index (χ1v) is 9.33. The molecule has 3 rings (SSSR count). The second-order valence-corrected chi connectivity index (χ2v) is 7.40. The van der Waals surface area contributed by atoms with Crippen molar-refractivity contribution >= 4 is 5.91 Å². The fourth-order valence-corrected chi connectivity index (χ4v) is 4.15. The van der Waals surface area contributed by atoms with Crippen LogP contribution in [0, 0.1) is 0 Å². The van der Waals surface area contributed by atoms with Crippen LogP contribution in [0.3, 0.4) is 0 Å². The molecule has 3 atom stereocenters. The molecule has 0 N–H and O–H groups in total. The molecule has 2 aliphatic heterocycles. The third-order valence-electron chi connectivity index (χ3n) is 5.09. The maximum atomic E-state index is 13.0. The van der Waals surface area contributed by atoms with Crippen LogP contribution in [0.1, 0.15) is 42.6 Å². The van der Waals surface area contributed by atoms with E-state index in [1.807, 2.05) is 24.3 Å².